The SMILES string of the molecule is CCOC(=O)c1c(NC(=O)CN2C(=O)CC(c3ccccc3)Sc3ccccc32)sc2c1CCCCC2. The average Bonchev–Trinajstić information content (AvgIpc) is 3.01. The number of amides is 2. The number of fused-ring (bicyclic) bond motifs is 2. The van der Waals surface area contributed by atoms with Gasteiger partial charge in [0.1, 0.15) is 11.5 Å². The number of esters is 1. The molecule has 0 saturated heterocycles. The van der Waals surface area contributed by atoms with E-state index >= 15 is 0 Å². The van der Waals surface area contributed by atoms with Crippen LogP contribution in [0.25, 0.3) is 0 Å². The Balaban J connectivity index is 1.40. The summed E-state index contributed by atoms with van der Waals surface area (Å²) in [6, 6.07) is 17.7. The molecule has 37 heavy (non-hydrogen) atoms. The molecule has 1 aromatic heterocycles. The topological polar surface area (TPSA) is 75.7 Å². The Kier molecular flexibility index (Phi) is 7.96. The van der Waals surface area contributed by atoms with Crippen LogP contribution in [0.15, 0.2) is 59.5 Å². The van der Waals surface area contributed by atoms with E-state index in [9.17, 15) is 14.4 Å². The molecule has 1 N–H and O–H groups in total. The van der Waals surface area contributed by atoms with Crippen molar-refractivity contribution >= 4 is 51.6 Å². The number of anilines is 2. The van der Waals surface area contributed by atoms with Crippen molar-refractivity contribution in [3.8, 4) is 0 Å². The zero-order valence-electron chi connectivity index (χ0n) is 20.8. The van der Waals surface area contributed by atoms with Crippen LogP contribution < -0.4 is 10.2 Å². The number of rotatable bonds is 6. The van der Waals surface area contributed by atoms with Crippen LogP contribution in [0.4, 0.5) is 10.7 Å². The summed E-state index contributed by atoms with van der Waals surface area (Å²) in [4.78, 5) is 43.4. The second-order valence-corrected chi connectivity index (χ2v) is 11.6. The highest BCUT2D eigenvalue weighted by molar-refractivity contribution is 7.99. The van der Waals surface area contributed by atoms with Crippen LogP contribution in [0.5, 0.6) is 0 Å². The van der Waals surface area contributed by atoms with Crippen LogP contribution in [0, 0.1) is 0 Å². The molecule has 0 radical (unpaired) electrons. The second kappa shape index (κ2) is 11.5. The number of benzene rings is 2. The van der Waals surface area contributed by atoms with Crippen molar-refractivity contribution in [3.05, 3.63) is 76.2 Å². The summed E-state index contributed by atoms with van der Waals surface area (Å²) in [5, 5.41) is 3.46. The molecule has 8 heteroatoms. The number of carbonyl (C=O) groups is 3. The fourth-order valence-corrected chi connectivity index (χ4v) is 7.54. The zero-order valence-corrected chi connectivity index (χ0v) is 22.5. The molecule has 2 aliphatic rings. The molecule has 2 amide bonds. The molecule has 1 unspecified atom stereocenters. The number of hydrogen-bond donors (Lipinski definition) is 1. The highest BCUT2D eigenvalue weighted by Crippen LogP contribution is 2.45. The lowest BCUT2D eigenvalue weighted by molar-refractivity contribution is -0.121. The quantitative estimate of drug-likeness (QED) is 0.292. The van der Waals surface area contributed by atoms with E-state index in [1.54, 1.807) is 23.6 Å². The molecular weight excluding hydrogens is 504 g/mol. The van der Waals surface area contributed by atoms with E-state index in [0.717, 1.165) is 58.7 Å². The van der Waals surface area contributed by atoms with Crippen molar-refractivity contribution in [2.45, 2.75) is 55.6 Å². The van der Waals surface area contributed by atoms with E-state index in [0.29, 0.717) is 10.6 Å². The molecule has 0 saturated carbocycles. The van der Waals surface area contributed by atoms with E-state index in [-0.39, 0.29) is 36.6 Å². The lowest BCUT2D eigenvalue weighted by Gasteiger charge is -2.22. The standard InChI is InChI=1S/C29H30N2O4S2/c1-2-35-29(34)27-20-13-7-4-8-15-22(20)37-28(27)30-25(32)18-31-21-14-9-10-16-23(21)36-24(17-26(31)33)19-11-5-3-6-12-19/h3,5-6,9-12,14,16,24H,2,4,7-8,13,15,17-18H2,1H3,(H,30,32). The molecule has 6 nitrogen and oxygen atoms in total. The Labute approximate surface area is 225 Å². The average molecular weight is 535 g/mol. The minimum Gasteiger partial charge on any atom is -0.462 e. The van der Waals surface area contributed by atoms with Gasteiger partial charge in [0.05, 0.1) is 17.9 Å². The molecule has 192 valence electrons. The Morgan fingerprint density at radius 1 is 1.03 bits per heavy atom. The predicted octanol–water partition coefficient (Wildman–Crippen LogP) is 6.40. The summed E-state index contributed by atoms with van der Waals surface area (Å²) in [5.74, 6) is -0.821. The molecule has 0 bridgehead atoms. The number of aryl methyl sites for hydroxylation is 1. The lowest BCUT2D eigenvalue weighted by atomic mass is 10.1. The van der Waals surface area contributed by atoms with Gasteiger partial charge >= 0.3 is 5.97 Å². The van der Waals surface area contributed by atoms with E-state index in [4.69, 9.17) is 4.74 Å². The summed E-state index contributed by atoms with van der Waals surface area (Å²) in [7, 11) is 0. The van der Waals surface area contributed by atoms with Gasteiger partial charge in [0.15, 0.2) is 0 Å². The molecule has 1 aliphatic carbocycles. The van der Waals surface area contributed by atoms with Crippen LogP contribution in [-0.4, -0.2) is 30.9 Å². The highest BCUT2D eigenvalue weighted by atomic mass is 32.2. The molecule has 0 fully saturated rings. The fourth-order valence-electron chi connectivity index (χ4n) is 4.96. The maximum Gasteiger partial charge on any atom is 0.341 e. The highest BCUT2D eigenvalue weighted by Gasteiger charge is 2.32. The first-order chi connectivity index (χ1) is 18.0. The molecule has 1 atom stereocenters. The minimum absolute atomic E-state index is 0.0358. The van der Waals surface area contributed by atoms with Gasteiger partial charge in [0.25, 0.3) is 0 Å². The van der Waals surface area contributed by atoms with Gasteiger partial charge in [-0.15, -0.1) is 23.1 Å². The van der Waals surface area contributed by atoms with Crippen LogP contribution in [0.1, 0.15) is 64.2 Å². The minimum atomic E-state index is -0.393. The third-order valence-electron chi connectivity index (χ3n) is 6.71. The first-order valence-electron chi connectivity index (χ1n) is 12.8. The number of nitrogens with zero attached hydrogens (tertiary/aromatic N) is 1. The number of hydrogen-bond acceptors (Lipinski definition) is 6. The number of carbonyl (C=O) groups excluding carboxylic acids is 3. The van der Waals surface area contributed by atoms with Gasteiger partial charge in [-0.1, -0.05) is 48.9 Å². The zero-order chi connectivity index (χ0) is 25.8. The van der Waals surface area contributed by atoms with Crippen molar-refractivity contribution in [2.24, 2.45) is 0 Å². The molecule has 2 heterocycles. The van der Waals surface area contributed by atoms with Gasteiger partial charge < -0.3 is 15.0 Å². The summed E-state index contributed by atoms with van der Waals surface area (Å²) in [5.41, 5.74) is 3.31. The number of nitrogens with one attached hydrogen (secondary N) is 1. The lowest BCUT2D eigenvalue weighted by Crippen LogP contribution is -2.38. The molecular formula is C29H30N2O4S2. The second-order valence-electron chi connectivity index (χ2n) is 9.21. The number of para-hydroxylation sites is 1. The molecule has 5 rings (SSSR count). The monoisotopic (exact) mass is 534 g/mol. The Morgan fingerprint density at radius 3 is 2.59 bits per heavy atom. The Morgan fingerprint density at radius 2 is 1.78 bits per heavy atom. The third-order valence-corrected chi connectivity index (χ3v) is 9.24. The largest absolute Gasteiger partial charge is 0.462 e. The summed E-state index contributed by atoms with van der Waals surface area (Å²) >= 11 is 3.12. The van der Waals surface area contributed by atoms with Crippen LogP contribution in [-0.2, 0) is 27.2 Å². The van der Waals surface area contributed by atoms with E-state index in [1.165, 1.54) is 11.3 Å². The Bertz CT molecular complexity index is 1300. The maximum atomic E-state index is 13.5. The fraction of sp³-hybridized carbons (Fsp3) is 0.345. The van der Waals surface area contributed by atoms with E-state index in [2.05, 4.69) is 5.32 Å². The summed E-state index contributed by atoms with van der Waals surface area (Å²) in [6.45, 7) is 1.93. The number of thiophene rings is 1. The first-order valence-corrected chi connectivity index (χ1v) is 14.5. The van der Waals surface area contributed by atoms with Gasteiger partial charge in [-0.25, -0.2) is 4.79 Å². The van der Waals surface area contributed by atoms with Gasteiger partial charge in [-0.05, 0) is 55.9 Å². The normalized spacial score (nSPS) is 17.3. The molecule has 2 aromatic carbocycles. The van der Waals surface area contributed by atoms with Crippen molar-refractivity contribution < 1.29 is 19.1 Å². The summed E-state index contributed by atoms with van der Waals surface area (Å²) in [6.07, 6.45) is 5.22. The van der Waals surface area contributed by atoms with Crippen molar-refractivity contribution in [3.63, 3.8) is 0 Å². The van der Waals surface area contributed by atoms with E-state index < -0.39 is 5.97 Å². The summed E-state index contributed by atoms with van der Waals surface area (Å²) < 4.78 is 5.35. The first kappa shape index (κ1) is 25.5. The van der Waals surface area contributed by atoms with Crippen LogP contribution >= 0.6 is 23.1 Å². The van der Waals surface area contributed by atoms with Crippen LogP contribution in [0.3, 0.4) is 0 Å². The number of ether oxygens (including phenoxy) is 1. The van der Waals surface area contributed by atoms with Crippen LogP contribution in [0.2, 0.25) is 0 Å². The number of thioether (sulfide) groups is 1. The molecule has 1 aliphatic heterocycles. The predicted molar refractivity (Wildman–Crippen MR) is 149 cm³/mol. The van der Waals surface area contributed by atoms with Crippen molar-refractivity contribution in [1.29, 1.82) is 0 Å². The molecule has 3 aromatic rings. The maximum absolute atomic E-state index is 13.5. The van der Waals surface area contributed by atoms with Gasteiger partial charge in [-0.2, -0.15) is 0 Å². The smallest absolute Gasteiger partial charge is 0.341 e. The van der Waals surface area contributed by atoms with Gasteiger partial charge in [-0.3, -0.25) is 9.59 Å². The van der Waals surface area contributed by atoms with Gasteiger partial charge in [0.2, 0.25) is 11.8 Å². The molecule has 0 spiro atoms. The van der Waals surface area contributed by atoms with Gasteiger partial charge in [0, 0.05) is 21.4 Å². The third kappa shape index (κ3) is 5.60. The van der Waals surface area contributed by atoms with E-state index in [1.807, 2.05) is 54.6 Å². The Hall–Kier alpha value is -3.10. The van der Waals surface area contributed by atoms with Crippen molar-refractivity contribution in [1.82, 2.24) is 0 Å². The van der Waals surface area contributed by atoms with Crippen molar-refractivity contribution in [2.75, 3.05) is 23.4 Å².